The van der Waals surface area contributed by atoms with Crippen molar-refractivity contribution in [2.75, 3.05) is 13.1 Å². The number of esters is 1. The summed E-state index contributed by atoms with van der Waals surface area (Å²) in [5, 5.41) is 0.768. The summed E-state index contributed by atoms with van der Waals surface area (Å²) in [5.41, 5.74) is 0.730. The molecule has 1 fully saturated rings. The zero-order valence-electron chi connectivity index (χ0n) is 14.6. The monoisotopic (exact) mass is 462 g/mol. The van der Waals surface area contributed by atoms with Gasteiger partial charge in [-0.25, -0.2) is 13.4 Å². The fraction of sp³-hybridized carbons (Fsp3) is 0.333. The summed E-state index contributed by atoms with van der Waals surface area (Å²) in [7, 11) is -3.78. The normalized spacial score (nSPS) is 16.1. The minimum atomic E-state index is -3.78. The van der Waals surface area contributed by atoms with Crippen LogP contribution >= 0.6 is 34.8 Å². The van der Waals surface area contributed by atoms with Crippen LogP contribution in [0, 0.1) is 5.92 Å². The van der Waals surface area contributed by atoms with Crippen molar-refractivity contribution >= 4 is 50.8 Å². The van der Waals surface area contributed by atoms with E-state index < -0.39 is 10.0 Å². The average Bonchev–Trinajstić information content (AvgIpc) is 2.69. The summed E-state index contributed by atoms with van der Waals surface area (Å²) < 4.78 is 32.3. The van der Waals surface area contributed by atoms with Gasteiger partial charge in [-0.3, -0.25) is 4.79 Å². The van der Waals surface area contributed by atoms with Crippen molar-refractivity contribution in [3.63, 3.8) is 0 Å². The standard InChI is InChI=1S/C18H17Cl3N2O4S/c19-14-2-3-15(20)16(9-14)28(25,26)23-7-5-13(6-8-23)18(24)27-11-12-1-4-17(21)22-10-12/h1-4,9-10,13H,5-8,11H2. The third-order valence-electron chi connectivity index (χ3n) is 4.47. The quantitative estimate of drug-likeness (QED) is 0.491. The predicted octanol–water partition coefficient (Wildman–Crippen LogP) is 4.19. The van der Waals surface area contributed by atoms with E-state index in [4.69, 9.17) is 39.5 Å². The molecule has 0 N–H and O–H groups in total. The zero-order chi connectivity index (χ0) is 20.3. The van der Waals surface area contributed by atoms with Crippen molar-refractivity contribution < 1.29 is 17.9 Å². The number of benzene rings is 1. The third kappa shape index (κ3) is 4.96. The molecule has 2 aromatic rings. The predicted molar refractivity (Wildman–Crippen MR) is 107 cm³/mol. The average molecular weight is 464 g/mol. The molecule has 0 atom stereocenters. The van der Waals surface area contributed by atoms with E-state index in [9.17, 15) is 13.2 Å². The SMILES string of the molecule is O=C(OCc1ccc(Cl)nc1)C1CCN(S(=O)(=O)c2cc(Cl)ccc2Cl)CC1. The van der Waals surface area contributed by atoms with Gasteiger partial charge in [0.05, 0.1) is 10.9 Å². The molecule has 2 heterocycles. The van der Waals surface area contributed by atoms with Crippen molar-refractivity contribution in [3.8, 4) is 0 Å². The Hall–Kier alpha value is -1.38. The van der Waals surface area contributed by atoms with E-state index in [-0.39, 0.29) is 46.5 Å². The first-order valence-electron chi connectivity index (χ1n) is 8.49. The number of hydrogen-bond donors (Lipinski definition) is 0. The molecule has 10 heteroatoms. The summed E-state index contributed by atoms with van der Waals surface area (Å²) in [6.07, 6.45) is 2.28. The highest BCUT2D eigenvalue weighted by Crippen LogP contribution is 2.30. The molecule has 0 aliphatic carbocycles. The lowest BCUT2D eigenvalue weighted by Crippen LogP contribution is -2.40. The highest BCUT2D eigenvalue weighted by atomic mass is 35.5. The number of carbonyl (C=O) groups is 1. The first kappa shape index (κ1) is 21.3. The second-order valence-electron chi connectivity index (χ2n) is 6.35. The maximum Gasteiger partial charge on any atom is 0.309 e. The highest BCUT2D eigenvalue weighted by Gasteiger charge is 2.33. The van der Waals surface area contributed by atoms with Gasteiger partial charge in [-0.05, 0) is 37.1 Å². The van der Waals surface area contributed by atoms with Gasteiger partial charge < -0.3 is 4.74 Å². The van der Waals surface area contributed by atoms with E-state index in [1.165, 1.54) is 22.5 Å². The van der Waals surface area contributed by atoms with Gasteiger partial charge in [-0.2, -0.15) is 4.31 Å². The number of halogens is 3. The maximum absolute atomic E-state index is 12.8. The molecular weight excluding hydrogens is 447 g/mol. The lowest BCUT2D eigenvalue weighted by atomic mass is 9.98. The number of sulfonamides is 1. The Balaban J connectivity index is 1.58. The molecule has 0 bridgehead atoms. The van der Waals surface area contributed by atoms with Gasteiger partial charge in [0.25, 0.3) is 0 Å². The van der Waals surface area contributed by atoms with E-state index in [0.717, 1.165) is 5.56 Å². The second kappa shape index (κ2) is 8.97. The molecule has 1 aliphatic heterocycles. The Labute approximate surface area is 178 Å². The van der Waals surface area contributed by atoms with E-state index in [0.29, 0.717) is 18.0 Å². The van der Waals surface area contributed by atoms with Crippen molar-refractivity contribution in [2.24, 2.45) is 5.92 Å². The van der Waals surface area contributed by atoms with Crippen LogP contribution in [0.1, 0.15) is 18.4 Å². The molecule has 150 valence electrons. The minimum absolute atomic E-state index is 0.0297. The Morgan fingerprint density at radius 3 is 2.50 bits per heavy atom. The summed E-state index contributed by atoms with van der Waals surface area (Å²) in [4.78, 5) is 16.2. The Morgan fingerprint density at radius 1 is 1.14 bits per heavy atom. The van der Waals surface area contributed by atoms with Crippen LogP contribution in [0.15, 0.2) is 41.4 Å². The van der Waals surface area contributed by atoms with Crippen molar-refractivity contribution in [2.45, 2.75) is 24.3 Å². The first-order valence-corrected chi connectivity index (χ1v) is 11.1. The Morgan fingerprint density at radius 2 is 1.86 bits per heavy atom. The first-order chi connectivity index (χ1) is 13.3. The van der Waals surface area contributed by atoms with Crippen LogP contribution < -0.4 is 0 Å². The van der Waals surface area contributed by atoms with Crippen LogP contribution in [0.5, 0.6) is 0 Å². The van der Waals surface area contributed by atoms with Gasteiger partial charge in [0.2, 0.25) is 10.0 Å². The lowest BCUT2D eigenvalue weighted by Gasteiger charge is -2.30. The van der Waals surface area contributed by atoms with Gasteiger partial charge in [0.15, 0.2) is 0 Å². The third-order valence-corrected chi connectivity index (χ3v) is 7.31. The molecule has 1 aromatic heterocycles. The number of carbonyl (C=O) groups excluding carboxylic acids is 1. The Bertz CT molecular complexity index is 959. The van der Waals surface area contributed by atoms with Gasteiger partial charge in [-0.15, -0.1) is 0 Å². The van der Waals surface area contributed by atoms with E-state index in [1.807, 2.05) is 0 Å². The molecule has 0 saturated carbocycles. The van der Waals surface area contributed by atoms with Crippen LogP contribution in [-0.4, -0.2) is 36.8 Å². The maximum atomic E-state index is 12.8. The lowest BCUT2D eigenvalue weighted by molar-refractivity contribution is -0.151. The molecule has 3 rings (SSSR count). The molecule has 6 nitrogen and oxygen atoms in total. The van der Waals surface area contributed by atoms with Crippen LogP contribution in [0.25, 0.3) is 0 Å². The van der Waals surface area contributed by atoms with Crippen LogP contribution in [0.4, 0.5) is 0 Å². The molecule has 0 unspecified atom stereocenters. The molecular formula is C18H17Cl3N2O4S. The number of ether oxygens (including phenoxy) is 1. The van der Waals surface area contributed by atoms with E-state index in [1.54, 1.807) is 18.3 Å². The fourth-order valence-electron chi connectivity index (χ4n) is 2.91. The number of nitrogens with zero attached hydrogens (tertiary/aromatic N) is 2. The number of rotatable bonds is 5. The molecule has 1 saturated heterocycles. The fourth-order valence-corrected chi connectivity index (χ4v) is 5.23. The highest BCUT2D eigenvalue weighted by molar-refractivity contribution is 7.89. The van der Waals surface area contributed by atoms with Gasteiger partial charge >= 0.3 is 5.97 Å². The molecule has 0 radical (unpaired) electrons. The molecule has 28 heavy (non-hydrogen) atoms. The van der Waals surface area contributed by atoms with Gasteiger partial charge in [-0.1, -0.05) is 40.9 Å². The largest absolute Gasteiger partial charge is 0.461 e. The van der Waals surface area contributed by atoms with E-state index in [2.05, 4.69) is 4.98 Å². The number of hydrogen-bond acceptors (Lipinski definition) is 5. The molecule has 1 aromatic carbocycles. The topological polar surface area (TPSA) is 76.6 Å². The number of aromatic nitrogens is 1. The summed E-state index contributed by atoms with van der Waals surface area (Å²) in [5.74, 6) is -0.714. The minimum Gasteiger partial charge on any atom is -0.461 e. The van der Waals surface area contributed by atoms with E-state index >= 15 is 0 Å². The van der Waals surface area contributed by atoms with Gasteiger partial charge in [0.1, 0.15) is 16.7 Å². The Kier molecular flexibility index (Phi) is 6.83. The van der Waals surface area contributed by atoms with Crippen molar-refractivity contribution in [1.82, 2.24) is 9.29 Å². The molecule has 0 spiro atoms. The van der Waals surface area contributed by atoms with Gasteiger partial charge in [0, 0.05) is 29.9 Å². The molecule has 0 amide bonds. The summed E-state index contributed by atoms with van der Waals surface area (Å²) in [6.45, 7) is 0.501. The van der Waals surface area contributed by atoms with Crippen LogP contribution in [0.3, 0.4) is 0 Å². The second-order valence-corrected chi connectivity index (χ2v) is 9.49. The molecule has 1 aliphatic rings. The number of pyridine rings is 1. The summed E-state index contributed by atoms with van der Waals surface area (Å²) in [6, 6.07) is 7.66. The summed E-state index contributed by atoms with van der Waals surface area (Å²) >= 11 is 17.7. The zero-order valence-corrected chi connectivity index (χ0v) is 17.7. The number of piperidine rings is 1. The van der Waals surface area contributed by atoms with Crippen molar-refractivity contribution in [3.05, 3.63) is 57.3 Å². The van der Waals surface area contributed by atoms with Crippen LogP contribution in [-0.2, 0) is 26.2 Å². The van der Waals surface area contributed by atoms with Crippen molar-refractivity contribution in [1.29, 1.82) is 0 Å². The smallest absolute Gasteiger partial charge is 0.309 e. The van der Waals surface area contributed by atoms with Crippen LogP contribution in [0.2, 0.25) is 15.2 Å².